The number of amides is 1. The Bertz CT molecular complexity index is 1130. The molecule has 1 amide bonds. The Kier molecular flexibility index (Phi) is 5.97. The molecule has 4 rings (SSSR count). The van der Waals surface area contributed by atoms with Gasteiger partial charge in [-0.1, -0.05) is 36.4 Å². The van der Waals surface area contributed by atoms with E-state index < -0.39 is 6.04 Å². The van der Waals surface area contributed by atoms with Crippen molar-refractivity contribution >= 4 is 17.5 Å². The lowest BCUT2D eigenvalue weighted by molar-refractivity contribution is 0.0677. The summed E-state index contributed by atoms with van der Waals surface area (Å²) in [5, 5.41) is 18.1. The van der Waals surface area contributed by atoms with Gasteiger partial charge in [-0.25, -0.2) is 0 Å². The third kappa shape index (κ3) is 3.89. The maximum atomic E-state index is 13.2. The summed E-state index contributed by atoms with van der Waals surface area (Å²) in [5.74, 6) is 0.513. The molecule has 2 heterocycles. The number of aromatic amines is 1. The molecule has 2 aromatic carbocycles. The van der Waals surface area contributed by atoms with E-state index in [9.17, 15) is 9.90 Å². The smallest absolute Gasteiger partial charge is 0.273 e. The van der Waals surface area contributed by atoms with Crippen molar-refractivity contribution in [1.29, 1.82) is 0 Å². The topological polar surface area (TPSA) is 87.7 Å². The first-order valence-corrected chi connectivity index (χ1v) is 10.1. The number of benzene rings is 2. The number of aromatic hydroxyl groups is 1. The first kappa shape index (κ1) is 21.0. The molecule has 1 aliphatic rings. The number of carbonyl (C=O) groups excluding carboxylic acids is 1. The normalized spacial score (nSPS) is 15.2. The fraction of sp³-hybridized carbons (Fsp3) is 0.217. The second-order valence-electron chi connectivity index (χ2n) is 7.09. The van der Waals surface area contributed by atoms with Crippen LogP contribution in [0.4, 0.5) is 0 Å². The molecule has 1 aromatic heterocycles. The van der Waals surface area contributed by atoms with E-state index in [1.54, 1.807) is 30.2 Å². The number of aromatic nitrogens is 2. The van der Waals surface area contributed by atoms with Crippen LogP contribution in [0.3, 0.4) is 0 Å². The van der Waals surface area contributed by atoms with Crippen LogP contribution in [0.1, 0.15) is 27.7 Å². The molecule has 2 N–H and O–H groups in total. The van der Waals surface area contributed by atoms with Crippen molar-refractivity contribution < 1.29 is 19.4 Å². The van der Waals surface area contributed by atoms with Gasteiger partial charge in [0.15, 0.2) is 0 Å². The Morgan fingerprint density at radius 3 is 2.94 bits per heavy atom. The van der Waals surface area contributed by atoms with Crippen LogP contribution < -0.4 is 4.74 Å². The molecule has 160 valence electrons. The highest BCUT2D eigenvalue weighted by Gasteiger charge is 2.42. The van der Waals surface area contributed by atoms with Crippen molar-refractivity contribution in [3.8, 4) is 22.8 Å². The molecule has 31 heavy (non-hydrogen) atoms. The van der Waals surface area contributed by atoms with E-state index in [1.807, 2.05) is 24.3 Å². The molecular weight excluding hydrogens is 418 g/mol. The van der Waals surface area contributed by atoms with Crippen molar-refractivity contribution in [2.45, 2.75) is 6.04 Å². The molecule has 0 saturated carbocycles. The van der Waals surface area contributed by atoms with Gasteiger partial charge in [0, 0.05) is 29.8 Å². The van der Waals surface area contributed by atoms with Gasteiger partial charge >= 0.3 is 0 Å². The van der Waals surface area contributed by atoms with Gasteiger partial charge in [-0.2, -0.15) is 5.10 Å². The molecular formula is C23H22ClN3O4. The van der Waals surface area contributed by atoms with Crippen LogP contribution in [-0.2, 0) is 4.74 Å². The number of rotatable bonds is 8. The van der Waals surface area contributed by atoms with Crippen LogP contribution >= 0.6 is 11.6 Å². The molecule has 0 aliphatic carbocycles. The van der Waals surface area contributed by atoms with E-state index in [-0.39, 0.29) is 11.7 Å². The minimum absolute atomic E-state index is 0.0308. The summed E-state index contributed by atoms with van der Waals surface area (Å²) in [5.41, 5.74) is 2.85. The van der Waals surface area contributed by atoms with Crippen molar-refractivity contribution in [3.63, 3.8) is 0 Å². The van der Waals surface area contributed by atoms with E-state index >= 15 is 0 Å². The number of nitrogens with zero attached hydrogens (tertiary/aromatic N) is 2. The fourth-order valence-electron chi connectivity index (χ4n) is 3.80. The maximum Gasteiger partial charge on any atom is 0.273 e. The summed E-state index contributed by atoms with van der Waals surface area (Å²) in [7, 11) is 1.59. The Morgan fingerprint density at radius 1 is 1.32 bits per heavy atom. The second kappa shape index (κ2) is 8.83. The number of fused-ring (bicyclic) bond motifs is 1. The van der Waals surface area contributed by atoms with Crippen LogP contribution in [0, 0.1) is 0 Å². The van der Waals surface area contributed by atoms with E-state index in [2.05, 4.69) is 16.8 Å². The standard InChI is InChI=1S/C23H22ClN3O4/c1-3-10-31-16-6-4-5-14(12-16)22-19-20(17-13-15(24)7-8-18(17)28)25-26-21(19)23(29)27(22)9-11-30-2/h3-8,12-13,22,28H,1,9-11H2,2H3,(H,25,26). The Morgan fingerprint density at radius 2 is 2.16 bits per heavy atom. The lowest BCUT2D eigenvalue weighted by atomic mass is 9.95. The fourth-order valence-corrected chi connectivity index (χ4v) is 3.97. The summed E-state index contributed by atoms with van der Waals surface area (Å²) in [6.45, 7) is 4.82. The summed E-state index contributed by atoms with van der Waals surface area (Å²) in [4.78, 5) is 14.9. The van der Waals surface area contributed by atoms with Gasteiger partial charge in [-0.3, -0.25) is 9.89 Å². The average molecular weight is 440 g/mol. The predicted octanol–water partition coefficient (Wildman–Crippen LogP) is 4.19. The summed E-state index contributed by atoms with van der Waals surface area (Å²) < 4.78 is 10.9. The van der Waals surface area contributed by atoms with E-state index in [1.165, 1.54) is 6.07 Å². The van der Waals surface area contributed by atoms with Crippen LogP contribution in [-0.4, -0.2) is 53.0 Å². The quantitative estimate of drug-likeness (QED) is 0.514. The monoisotopic (exact) mass is 439 g/mol. The van der Waals surface area contributed by atoms with Crippen molar-refractivity contribution in [2.24, 2.45) is 0 Å². The van der Waals surface area contributed by atoms with Crippen LogP contribution in [0.25, 0.3) is 11.3 Å². The van der Waals surface area contributed by atoms with E-state index in [0.29, 0.717) is 53.0 Å². The number of phenols is 1. The van der Waals surface area contributed by atoms with Gasteiger partial charge in [-0.15, -0.1) is 0 Å². The molecule has 0 saturated heterocycles. The van der Waals surface area contributed by atoms with E-state index in [0.717, 1.165) is 5.56 Å². The molecule has 1 aliphatic heterocycles. The molecule has 3 aromatic rings. The highest BCUT2D eigenvalue weighted by atomic mass is 35.5. The van der Waals surface area contributed by atoms with Crippen LogP contribution in [0.2, 0.25) is 5.02 Å². The van der Waals surface area contributed by atoms with Gasteiger partial charge in [0.25, 0.3) is 5.91 Å². The predicted molar refractivity (Wildman–Crippen MR) is 118 cm³/mol. The Hall–Kier alpha value is -3.29. The summed E-state index contributed by atoms with van der Waals surface area (Å²) in [6, 6.07) is 11.9. The lowest BCUT2D eigenvalue weighted by Crippen LogP contribution is -2.32. The summed E-state index contributed by atoms with van der Waals surface area (Å²) in [6.07, 6.45) is 1.67. The number of methoxy groups -OCH3 is 1. The highest BCUT2D eigenvalue weighted by molar-refractivity contribution is 6.31. The first-order valence-electron chi connectivity index (χ1n) is 9.75. The zero-order valence-corrected chi connectivity index (χ0v) is 17.7. The number of hydrogen-bond donors (Lipinski definition) is 2. The molecule has 0 radical (unpaired) electrons. The summed E-state index contributed by atoms with van der Waals surface area (Å²) >= 11 is 6.17. The lowest BCUT2D eigenvalue weighted by Gasteiger charge is -2.26. The number of halogens is 1. The van der Waals surface area contributed by atoms with Crippen molar-refractivity contribution in [1.82, 2.24) is 15.1 Å². The minimum Gasteiger partial charge on any atom is -0.507 e. The van der Waals surface area contributed by atoms with Crippen molar-refractivity contribution in [3.05, 3.63) is 77.0 Å². The average Bonchev–Trinajstić information content (AvgIpc) is 3.31. The second-order valence-corrected chi connectivity index (χ2v) is 7.52. The SMILES string of the molecule is C=CCOc1cccc(C2c3c(-c4cc(Cl)ccc4O)n[nH]c3C(=O)N2CCOC)c1. The number of phenolic OH excluding ortho intramolecular Hbond substituents is 1. The number of carbonyl (C=O) groups is 1. The molecule has 0 fully saturated rings. The molecule has 1 unspecified atom stereocenters. The van der Waals surface area contributed by atoms with Gasteiger partial charge in [0.1, 0.15) is 29.5 Å². The number of ether oxygens (including phenoxy) is 2. The molecule has 1 atom stereocenters. The third-order valence-corrected chi connectivity index (χ3v) is 5.39. The first-order chi connectivity index (χ1) is 15.0. The molecule has 8 heteroatoms. The largest absolute Gasteiger partial charge is 0.507 e. The number of H-pyrrole nitrogens is 1. The molecule has 0 spiro atoms. The zero-order chi connectivity index (χ0) is 22.0. The van der Waals surface area contributed by atoms with Gasteiger partial charge < -0.3 is 19.5 Å². The van der Waals surface area contributed by atoms with Gasteiger partial charge in [0.2, 0.25) is 0 Å². The molecule has 7 nitrogen and oxygen atoms in total. The Labute approximate surface area is 184 Å². The molecule has 0 bridgehead atoms. The Balaban J connectivity index is 1.85. The minimum atomic E-state index is -0.433. The van der Waals surface area contributed by atoms with Gasteiger partial charge in [0.05, 0.1) is 12.6 Å². The third-order valence-electron chi connectivity index (χ3n) is 5.16. The zero-order valence-electron chi connectivity index (χ0n) is 17.0. The van der Waals surface area contributed by atoms with Crippen molar-refractivity contribution in [2.75, 3.05) is 26.9 Å². The van der Waals surface area contributed by atoms with Crippen LogP contribution in [0.15, 0.2) is 55.1 Å². The number of nitrogens with one attached hydrogen (secondary N) is 1. The number of hydrogen-bond acceptors (Lipinski definition) is 5. The van der Waals surface area contributed by atoms with Gasteiger partial charge in [-0.05, 0) is 35.9 Å². The van der Waals surface area contributed by atoms with E-state index in [4.69, 9.17) is 21.1 Å². The highest BCUT2D eigenvalue weighted by Crippen LogP contribution is 2.45. The van der Waals surface area contributed by atoms with Crippen LogP contribution in [0.5, 0.6) is 11.5 Å². The maximum absolute atomic E-state index is 13.2.